The highest BCUT2D eigenvalue weighted by Crippen LogP contribution is 2.38. The molecular formula is C23H22O7. The molecule has 0 radical (unpaired) electrons. The average molecular weight is 410 g/mol. The Balaban J connectivity index is 1.82. The second-order valence-corrected chi connectivity index (χ2v) is 6.32. The number of rotatable bonds is 7. The molecular weight excluding hydrogens is 388 g/mol. The van der Waals surface area contributed by atoms with Gasteiger partial charge in [-0.05, 0) is 47.9 Å². The summed E-state index contributed by atoms with van der Waals surface area (Å²) >= 11 is 0. The van der Waals surface area contributed by atoms with Gasteiger partial charge < -0.3 is 23.4 Å². The van der Waals surface area contributed by atoms with E-state index < -0.39 is 11.6 Å². The van der Waals surface area contributed by atoms with E-state index in [9.17, 15) is 9.59 Å². The van der Waals surface area contributed by atoms with Gasteiger partial charge in [0.15, 0.2) is 11.5 Å². The summed E-state index contributed by atoms with van der Waals surface area (Å²) in [7, 11) is 4.55. The molecule has 1 aromatic heterocycles. The molecule has 0 fully saturated rings. The predicted octanol–water partition coefficient (Wildman–Crippen LogP) is 4.00. The van der Waals surface area contributed by atoms with Crippen LogP contribution >= 0.6 is 0 Å². The van der Waals surface area contributed by atoms with E-state index in [1.54, 1.807) is 30.3 Å². The van der Waals surface area contributed by atoms with Gasteiger partial charge in [0.05, 0.1) is 21.3 Å². The standard InChI is InChI=1S/C23H22O7/c1-5-15-12-22(25)30-18-13-16(7-8-17(15)18)29-21(24)9-6-14-10-19(26-2)23(28-4)20(11-14)27-3/h6-13H,5H2,1-4H3/b9-6+. The van der Waals surface area contributed by atoms with Gasteiger partial charge in [0.25, 0.3) is 0 Å². The van der Waals surface area contributed by atoms with Gasteiger partial charge in [-0.3, -0.25) is 0 Å². The normalized spacial score (nSPS) is 10.9. The van der Waals surface area contributed by atoms with Crippen LogP contribution in [-0.2, 0) is 11.2 Å². The van der Waals surface area contributed by atoms with Crippen molar-refractivity contribution in [3.05, 3.63) is 64.0 Å². The summed E-state index contributed by atoms with van der Waals surface area (Å²) in [5.74, 6) is 1.10. The molecule has 0 amide bonds. The van der Waals surface area contributed by atoms with E-state index in [4.69, 9.17) is 23.4 Å². The minimum atomic E-state index is -0.586. The molecule has 7 heteroatoms. The van der Waals surface area contributed by atoms with Crippen LogP contribution in [0.1, 0.15) is 18.1 Å². The number of aryl methyl sites for hydroxylation is 1. The number of carbonyl (C=O) groups is 1. The van der Waals surface area contributed by atoms with Gasteiger partial charge >= 0.3 is 11.6 Å². The Labute approximate surface area is 173 Å². The van der Waals surface area contributed by atoms with Crippen LogP contribution < -0.4 is 24.6 Å². The third-order valence-corrected chi connectivity index (χ3v) is 4.50. The molecule has 0 aliphatic heterocycles. The zero-order chi connectivity index (χ0) is 21.7. The Bertz CT molecular complexity index is 1130. The number of benzene rings is 2. The Morgan fingerprint density at radius 1 is 1.00 bits per heavy atom. The number of ether oxygens (including phenoxy) is 4. The number of esters is 1. The van der Waals surface area contributed by atoms with Crippen molar-refractivity contribution in [2.45, 2.75) is 13.3 Å². The SMILES string of the molecule is CCc1cc(=O)oc2cc(OC(=O)/C=C/c3cc(OC)c(OC)c(OC)c3)ccc12. The molecule has 156 valence electrons. The summed E-state index contributed by atoms with van der Waals surface area (Å²) in [5.41, 5.74) is 1.48. The van der Waals surface area contributed by atoms with Crippen molar-refractivity contribution in [1.29, 1.82) is 0 Å². The summed E-state index contributed by atoms with van der Waals surface area (Å²) in [5, 5.41) is 0.810. The monoisotopic (exact) mass is 410 g/mol. The zero-order valence-electron chi connectivity index (χ0n) is 17.2. The molecule has 0 N–H and O–H groups in total. The van der Waals surface area contributed by atoms with Crippen molar-refractivity contribution in [1.82, 2.24) is 0 Å². The highest BCUT2D eigenvalue weighted by atomic mass is 16.5. The lowest BCUT2D eigenvalue weighted by Crippen LogP contribution is -2.04. The summed E-state index contributed by atoms with van der Waals surface area (Å²) in [6.45, 7) is 1.95. The minimum absolute atomic E-state index is 0.276. The summed E-state index contributed by atoms with van der Waals surface area (Å²) in [6, 6.07) is 9.84. The van der Waals surface area contributed by atoms with Gasteiger partial charge in [-0.15, -0.1) is 0 Å². The molecule has 0 bridgehead atoms. The maximum atomic E-state index is 12.3. The van der Waals surface area contributed by atoms with Gasteiger partial charge in [-0.25, -0.2) is 9.59 Å². The average Bonchev–Trinajstić information content (AvgIpc) is 2.75. The molecule has 3 rings (SSSR count). The smallest absolute Gasteiger partial charge is 0.336 e. The Kier molecular flexibility index (Phi) is 6.41. The number of fused-ring (bicyclic) bond motifs is 1. The summed E-state index contributed by atoms with van der Waals surface area (Å²) in [4.78, 5) is 23.9. The third-order valence-electron chi connectivity index (χ3n) is 4.50. The van der Waals surface area contributed by atoms with Crippen molar-refractivity contribution in [2.24, 2.45) is 0 Å². The number of hydrogen-bond acceptors (Lipinski definition) is 7. The van der Waals surface area contributed by atoms with Crippen molar-refractivity contribution in [3.63, 3.8) is 0 Å². The first-order valence-corrected chi connectivity index (χ1v) is 9.25. The van der Waals surface area contributed by atoms with Crippen LogP contribution in [0.5, 0.6) is 23.0 Å². The second-order valence-electron chi connectivity index (χ2n) is 6.32. The second kappa shape index (κ2) is 9.17. The molecule has 0 aliphatic rings. The quantitative estimate of drug-likeness (QED) is 0.252. The lowest BCUT2D eigenvalue weighted by molar-refractivity contribution is -0.128. The van der Waals surface area contributed by atoms with Crippen LogP contribution in [0.4, 0.5) is 0 Å². The molecule has 7 nitrogen and oxygen atoms in total. The molecule has 0 unspecified atom stereocenters. The Morgan fingerprint density at radius 3 is 2.30 bits per heavy atom. The van der Waals surface area contributed by atoms with E-state index in [-0.39, 0.29) is 5.75 Å². The molecule has 0 saturated heterocycles. The van der Waals surface area contributed by atoms with E-state index in [1.807, 2.05) is 6.92 Å². The van der Waals surface area contributed by atoms with Crippen LogP contribution in [0.2, 0.25) is 0 Å². The molecule has 1 heterocycles. The number of methoxy groups -OCH3 is 3. The van der Waals surface area contributed by atoms with E-state index >= 15 is 0 Å². The van der Waals surface area contributed by atoms with E-state index in [1.165, 1.54) is 39.5 Å². The lowest BCUT2D eigenvalue weighted by atomic mass is 10.1. The molecule has 0 atom stereocenters. The lowest BCUT2D eigenvalue weighted by Gasteiger charge is -2.12. The van der Waals surface area contributed by atoms with Crippen LogP contribution in [0.3, 0.4) is 0 Å². The maximum Gasteiger partial charge on any atom is 0.336 e. The van der Waals surface area contributed by atoms with Gasteiger partial charge in [0.2, 0.25) is 5.75 Å². The van der Waals surface area contributed by atoms with Gasteiger partial charge in [-0.2, -0.15) is 0 Å². The fourth-order valence-electron chi connectivity index (χ4n) is 3.08. The number of carbonyl (C=O) groups excluding carboxylic acids is 1. The first kappa shape index (κ1) is 21.0. The van der Waals surface area contributed by atoms with Crippen molar-refractivity contribution in [3.8, 4) is 23.0 Å². The Morgan fingerprint density at radius 2 is 1.70 bits per heavy atom. The van der Waals surface area contributed by atoms with E-state index in [0.717, 1.165) is 10.9 Å². The zero-order valence-corrected chi connectivity index (χ0v) is 17.2. The first-order chi connectivity index (χ1) is 14.5. The summed E-state index contributed by atoms with van der Waals surface area (Å²) in [6.07, 6.45) is 3.55. The van der Waals surface area contributed by atoms with Crippen molar-refractivity contribution >= 4 is 23.0 Å². The third kappa shape index (κ3) is 4.46. The van der Waals surface area contributed by atoms with Crippen LogP contribution in [0, 0.1) is 0 Å². The van der Waals surface area contributed by atoms with Crippen LogP contribution in [0.15, 0.2) is 51.7 Å². The Hall–Kier alpha value is -3.74. The molecule has 30 heavy (non-hydrogen) atoms. The summed E-state index contributed by atoms with van der Waals surface area (Å²) < 4.78 is 26.4. The first-order valence-electron chi connectivity index (χ1n) is 9.25. The van der Waals surface area contributed by atoms with Gasteiger partial charge in [0, 0.05) is 23.6 Å². The fourth-order valence-corrected chi connectivity index (χ4v) is 3.08. The van der Waals surface area contributed by atoms with Gasteiger partial charge in [0.1, 0.15) is 11.3 Å². The van der Waals surface area contributed by atoms with E-state index in [0.29, 0.717) is 34.8 Å². The molecule has 3 aromatic rings. The molecule has 0 saturated carbocycles. The molecule has 0 aliphatic carbocycles. The highest BCUT2D eigenvalue weighted by Gasteiger charge is 2.12. The topological polar surface area (TPSA) is 84.2 Å². The van der Waals surface area contributed by atoms with E-state index in [2.05, 4.69) is 0 Å². The predicted molar refractivity (Wildman–Crippen MR) is 113 cm³/mol. The van der Waals surface area contributed by atoms with Gasteiger partial charge in [-0.1, -0.05) is 6.92 Å². The largest absolute Gasteiger partial charge is 0.493 e. The van der Waals surface area contributed by atoms with Crippen LogP contribution in [-0.4, -0.2) is 27.3 Å². The number of hydrogen-bond donors (Lipinski definition) is 0. The fraction of sp³-hybridized carbons (Fsp3) is 0.217. The maximum absolute atomic E-state index is 12.3. The molecule has 2 aromatic carbocycles. The van der Waals surface area contributed by atoms with Crippen molar-refractivity contribution < 1.29 is 28.2 Å². The molecule has 0 spiro atoms. The highest BCUT2D eigenvalue weighted by molar-refractivity contribution is 5.90. The van der Waals surface area contributed by atoms with Crippen LogP contribution in [0.25, 0.3) is 17.0 Å². The van der Waals surface area contributed by atoms with Crippen molar-refractivity contribution in [2.75, 3.05) is 21.3 Å². The minimum Gasteiger partial charge on any atom is -0.493 e.